The van der Waals surface area contributed by atoms with E-state index in [1.165, 1.54) is 0 Å². The zero-order valence-electron chi connectivity index (χ0n) is 6.94. The van der Waals surface area contributed by atoms with E-state index in [1.54, 1.807) is 12.3 Å². The maximum absolute atomic E-state index is 9.38. The van der Waals surface area contributed by atoms with Crippen LogP contribution in [0.3, 0.4) is 0 Å². The zero-order valence-corrected chi connectivity index (χ0v) is 6.94. The second-order valence-corrected chi connectivity index (χ2v) is 2.80. The molecule has 1 aromatic rings. The highest BCUT2D eigenvalue weighted by atomic mass is 16.3. The molecular weight excluding hydrogens is 156 g/mol. The Bertz CT molecular complexity index is 194. The fourth-order valence-corrected chi connectivity index (χ4v) is 1.09. The third-order valence-electron chi connectivity index (χ3n) is 1.71. The molecular formula is C9H14O3. The van der Waals surface area contributed by atoms with E-state index in [9.17, 15) is 5.11 Å². The van der Waals surface area contributed by atoms with Gasteiger partial charge in [-0.05, 0) is 25.0 Å². The Kier molecular flexibility index (Phi) is 3.84. The van der Waals surface area contributed by atoms with Crippen molar-refractivity contribution in [3.05, 3.63) is 24.2 Å². The molecule has 2 N–H and O–H groups in total. The lowest BCUT2D eigenvalue weighted by molar-refractivity contribution is 0.144. The van der Waals surface area contributed by atoms with Crippen LogP contribution in [-0.2, 0) is 6.42 Å². The van der Waals surface area contributed by atoms with Crippen LogP contribution < -0.4 is 0 Å². The molecule has 1 aromatic heterocycles. The van der Waals surface area contributed by atoms with E-state index < -0.39 is 6.10 Å². The Balaban J connectivity index is 2.22. The molecule has 0 spiro atoms. The summed E-state index contributed by atoms with van der Waals surface area (Å²) in [4.78, 5) is 0. The third-order valence-corrected chi connectivity index (χ3v) is 1.71. The Morgan fingerprint density at radius 3 is 2.92 bits per heavy atom. The molecule has 0 aliphatic heterocycles. The average Bonchev–Trinajstić information content (AvgIpc) is 2.53. The lowest BCUT2D eigenvalue weighted by Gasteiger charge is -2.06. The van der Waals surface area contributed by atoms with Crippen molar-refractivity contribution in [1.29, 1.82) is 0 Å². The standard InChI is InChI=1S/C9H14O3/c10-5-1-3-8(11)7-9-4-2-6-12-9/h2,4,6,8,10-11H,1,3,5,7H2. The van der Waals surface area contributed by atoms with Crippen molar-refractivity contribution in [3.63, 3.8) is 0 Å². The topological polar surface area (TPSA) is 53.6 Å². The first-order chi connectivity index (χ1) is 5.83. The van der Waals surface area contributed by atoms with Crippen LogP contribution in [0, 0.1) is 0 Å². The highest BCUT2D eigenvalue weighted by Gasteiger charge is 2.06. The molecule has 0 saturated carbocycles. The predicted octanol–water partition coefficient (Wildman–Crippen LogP) is 0.956. The minimum atomic E-state index is -0.400. The quantitative estimate of drug-likeness (QED) is 0.692. The second kappa shape index (κ2) is 4.95. The molecule has 68 valence electrons. The van der Waals surface area contributed by atoms with Gasteiger partial charge in [0.2, 0.25) is 0 Å². The molecule has 0 saturated heterocycles. The Morgan fingerprint density at radius 1 is 1.50 bits per heavy atom. The normalized spacial score (nSPS) is 13.2. The molecule has 1 rings (SSSR count). The lowest BCUT2D eigenvalue weighted by Crippen LogP contribution is -2.10. The van der Waals surface area contributed by atoms with Crippen molar-refractivity contribution in [3.8, 4) is 0 Å². The second-order valence-electron chi connectivity index (χ2n) is 2.80. The van der Waals surface area contributed by atoms with E-state index >= 15 is 0 Å². The van der Waals surface area contributed by atoms with E-state index in [1.807, 2.05) is 6.07 Å². The zero-order chi connectivity index (χ0) is 8.81. The summed E-state index contributed by atoms with van der Waals surface area (Å²) in [5.74, 6) is 0.792. The molecule has 1 unspecified atom stereocenters. The summed E-state index contributed by atoms with van der Waals surface area (Å²) in [6, 6.07) is 3.64. The van der Waals surface area contributed by atoms with Crippen molar-refractivity contribution in [2.75, 3.05) is 6.61 Å². The number of aliphatic hydroxyl groups is 2. The summed E-state index contributed by atoms with van der Waals surface area (Å²) in [6.45, 7) is 0.134. The van der Waals surface area contributed by atoms with Crippen LogP contribution >= 0.6 is 0 Å². The fourth-order valence-electron chi connectivity index (χ4n) is 1.09. The van der Waals surface area contributed by atoms with Gasteiger partial charge in [0.05, 0.1) is 12.4 Å². The molecule has 0 aromatic carbocycles. The van der Waals surface area contributed by atoms with E-state index in [4.69, 9.17) is 9.52 Å². The SMILES string of the molecule is OCCCC(O)Cc1ccco1. The van der Waals surface area contributed by atoms with E-state index in [-0.39, 0.29) is 6.61 Å². The number of rotatable bonds is 5. The summed E-state index contributed by atoms with van der Waals surface area (Å²) in [6.07, 6.45) is 2.99. The average molecular weight is 170 g/mol. The minimum Gasteiger partial charge on any atom is -0.469 e. The lowest BCUT2D eigenvalue weighted by atomic mass is 10.1. The Morgan fingerprint density at radius 2 is 2.33 bits per heavy atom. The van der Waals surface area contributed by atoms with Gasteiger partial charge >= 0.3 is 0 Å². The molecule has 0 amide bonds. The van der Waals surface area contributed by atoms with Crippen molar-refractivity contribution in [2.24, 2.45) is 0 Å². The molecule has 0 aliphatic rings. The number of hydrogen-bond donors (Lipinski definition) is 2. The molecule has 1 atom stereocenters. The van der Waals surface area contributed by atoms with Gasteiger partial charge in [0.15, 0.2) is 0 Å². The van der Waals surface area contributed by atoms with E-state index in [2.05, 4.69) is 0 Å². The molecule has 12 heavy (non-hydrogen) atoms. The summed E-state index contributed by atoms with van der Waals surface area (Å²) >= 11 is 0. The van der Waals surface area contributed by atoms with Crippen molar-refractivity contribution < 1.29 is 14.6 Å². The first-order valence-corrected chi connectivity index (χ1v) is 4.14. The molecule has 0 radical (unpaired) electrons. The first-order valence-electron chi connectivity index (χ1n) is 4.14. The summed E-state index contributed by atoms with van der Waals surface area (Å²) < 4.78 is 5.06. The largest absolute Gasteiger partial charge is 0.469 e. The van der Waals surface area contributed by atoms with Crippen LogP contribution in [0.2, 0.25) is 0 Å². The van der Waals surface area contributed by atoms with Gasteiger partial charge in [-0.3, -0.25) is 0 Å². The smallest absolute Gasteiger partial charge is 0.106 e. The van der Waals surface area contributed by atoms with Crippen molar-refractivity contribution in [2.45, 2.75) is 25.4 Å². The van der Waals surface area contributed by atoms with Crippen LogP contribution in [0.5, 0.6) is 0 Å². The third kappa shape index (κ3) is 3.07. The molecule has 1 heterocycles. The molecule has 0 fully saturated rings. The Hall–Kier alpha value is -0.800. The minimum absolute atomic E-state index is 0.134. The highest BCUT2D eigenvalue weighted by Crippen LogP contribution is 2.07. The van der Waals surface area contributed by atoms with Crippen LogP contribution in [0.1, 0.15) is 18.6 Å². The summed E-state index contributed by atoms with van der Waals surface area (Å²) in [5.41, 5.74) is 0. The van der Waals surface area contributed by atoms with Gasteiger partial charge in [-0.15, -0.1) is 0 Å². The highest BCUT2D eigenvalue weighted by molar-refractivity contribution is 4.99. The van der Waals surface area contributed by atoms with Crippen LogP contribution in [-0.4, -0.2) is 22.9 Å². The molecule has 0 bridgehead atoms. The summed E-state index contributed by atoms with van der Waals surface area (Å²) in [7, 11) is 0. The van der Waals surface area contributed by atoms with Gasteiger partial charge in [-0.25, -0.2) is 0 Å². The monoisotopic (exact) mass is 170 g/mol. The van der Waals surface area contributed by atoms with Crippen LogP contribution in [0.25, 0.3) is 0 Å². The van der Waals surface area contributed by atoms with Crippen LogP contribution in [0.4, 0.5) is 0 Å². The van der Waals surface area contributed by atoms with Gasteiger partial charge in [0, 0.05) is 13.0 Å². The predicted molar refractivity (Wildman–Crippen MR) is 44.7 cm³/mol. The van der Waals surface area contributed by atoms with Crippen LogP contribution in [0.15, 0.2) is 22.8 Å². The number of aliphatic hydroxyl groups excluding tert-OH is 2. The van der Waals surface area contributed by atoms with Crippen molar-refractivity contribution in [1.82, 2.24) is 0 Å². The maximum atomic E-state index is 9.38. The molecule has 3 nitrogen and oxygen atoms in total. The van der Waals surface area contributed by atoms with Gasteiger partial charge in [-0.2, -0.15) is 0 Å². The van der Waals surface area contributed by atoms with Gasteiger partial charge in [0.25, 0.3) is 0 Å². The summed E-state index contributed by atoms with van der Waals surface area (Å²) in [5, 5.41) is 17.9. The van der Waals surface area contributed by atoms with E-state index in [0.717, 1.165) is 5.76 Å². The number of furan rings is 1. The Labute approximate surface area is 71.6 Å². The molecule has 0 aliphatic carbocycles. The fraction of sp³-hybridized carbons (Fsp3) is 0.556. The van der Waals surface area contributed by atoms with Gasteiger partial charge in [0.1, 0.15) is 5.76 Å². The maximum Gasteiger partial charge on any atom is 0.106 e. The first kappa shape index (κ1) is 9.29. The molecule has 3 heteroatoms. The van der Waals surface area contributed by atoms with Crippen molar-refractivity contribution >= 4 is 0 Å². The van der Waals surface area contributed by atoms with Gasteiger partial charge < -0.3 is 14.6 Å². The number of hydrogen-bond acceptors (Lipinski definition) is 3. The van der Waals surface area contributed by atoms with E-state index in [0.29, 0.717) is 19.3 Å². The van der Waals surface area contributed by atoms with Gasteiger partial charge in [-0.1, -0.05) is 0 Å².